The third-order valence-electron chi connectivity index (χ3n) is 4.56. The zero-order valence-corrected chi connectivity index (χ0v) is 20.4. The molecule has 0 fully saturated rings. The van der Waals surface area contributed by atoms with Crippen molar-refractivity contribution in [1.29, 1.82) is 0 Å². The number of nitrogens with one attached hydrogen (secondary N) is 2. The molecule has 2 aromatic rings. The Bertz CT molecular complexity index is 932. The molecule has 1 aliphatic rings. The summed E-state index contributed by atoms with van der Waals surface area (Å²) in [4.78, 5) is 36.9. The molecule has 0 radical (unpaired) electrons. The van der Waals surface area contributed by atoms with Crippen molar-refractivity contribution in [3.8, 4) is 0 Å². The number of benzene rings is 1. The Morgan fingerprint density at radius 1 is 1.28 bits per heavy atom. The Balaban J connectivity index is 0.000000229. The van der Waals surface area contributed by atoms with Crippen LogP contribution < -0.4 is 10.0 Å². The number of fused-ring (bicyclic) bond motifs is 1. The van der Waals surface area contributed by atoms with E-state index in [1.54, 1.807) is 29.5 Å². The van der Waals surface area contributed by atoms with Crippen LogP contribution in [0.3, 0.4) is 0 Å². The maximum Gasteiger partial charge on any atom is 0.341 e. The molecule has 0 saturated carbocycles. The normalized spacial score (nSPS) is 12.6. The van der Waals surface area contributed by atoms with Gasteiger partial charge in [-0.2, -0.15) is 0 Å². The molecule has 0 aliphatic carbocycles. The summed E-state index contributed by atoms with van der Waals surface area (Å²) in [6.45, 7) is 3.97. The van der Waals surface area contributed by atoms with Gasteiger partial charge in [-0.05, 0) is 44.2 Å². The number of likely N-dealkylation sites (N-methyl/N-ethyl adjacent to an activating group) is 1. The first kappa shape index (κ1) is 25.7. The first-order valence-electron chi connectivity index (χ1n) is 10.1. The number of ether oxygens (including phenoxy) is 2. The predicted octanol–water partition coefficient (Wildman–Crippen LogP) is 3.69. The van der Waals surface area contributed by atoms with Gasteiger partial charge in [-0.1, -0.05) is 18.0 Å². The minimum absolute atomic E-state index is 0.195. The summed E-state index contributed by atoms with van der Waals surface area (Å²) in [5, 5.41) is 4.04. The molecule has 0 spiro atoms. The first-order chi connectivity index (χ1) is 15.4. The highest BCUT2D eigenvalue weighted by atomic mass is 32.2. The Morgan fingerprint density at radius 2 is 2.06 bits per heavy atom. The van der Waals surface area contributed by atoms with Crippen LogP contribution in [-0.2, 0) is 27.2 Å². The third kappa shape index (κ3) is 6.98. The number of carbonyl (C=O) groups is 3. The van der Waals surface area contributed by atoms with Crippen molar-refractivity contribution in [3.05, 3.63) is 45.8 Å². The Hall–Kier alpha value is -2.56. The second-order valence-electron chi connectivity index (χ2n) is 6.82. The van der Waals surface area contributed by atoms with E-state index >= 15 is 0 Å². The molecule has 0 bridgehead atoms. The molecule has 1 aromatic carbocycles. The largest absolute Gasteiger partial charge is 0.462 e. The highest BCUT2D eigenvalue weighted by molar-refractivity contribution is 7.99. The second kappa shape index (κ2) is 13.1. The van der Waals surface area contributed by atoms with Gasteiger partial charge in [0.25, 0.3) is 0 Å². The molecule has 0 amide bonds. The molecule has 3 rings (SSSR count). The Morgan fingerprint density at radius 3 is 2.72 bits per heavy atom. The van der Waals surface area contributed by atoms with Crippen LogP contribution in [0.5, 0.6) is 0 Å². The lowest BCUT2D eigenvalue weighted by atomic mass is 10.0. The van der Waals surface area contributed by atoms with E-state index in [9.17, 15) is 14.4 Å². The Kier molecular flexibility index (Phi) is 10.5. The van der Waals surface area contributed by atoms with Crippen molar-refractivity contribution < 1.29 is 23.9 Å². The van der Waals surface area contributed by atoms with Crippen molar-refractivity contribution in [2.24, 2.45) is 0 Å². The third-order valence-corrected chi connectivity index (χ3v) is 6.23. The van der Waals surface area contributed by atoms with Crippen molar-refractivity contribution in [3.63, 3.8) is 0 Å². The smallest absolute Gasteiger partial charge is 0.341 e. The van der Waals surface area contributed by atoms with Crippen LogP contribution >= 0.6 is 23.3 Å². The van der Waals surface area contributed by atoms with Gasteiger partial charge in [-0.15, -0.1) is 11.3 Å². The molecule has 2 heterocycles. The predicted molar refractivity (Wildman–Crippen MR) is 130 cm³/mol. The fourth-order valence-corrected chi connectivity index (χ4v) is 4.78. The maximum absolute atomic E-state index is 12.0. The number of aldehydes is 1. The highest BCUT2D eigenvalue weighted by Crippen LogP contribution is 2.36. The average molecular weight is 480 g/mol. The van der Waals surface area contributed by atoms with Crippen LogP contribution in [0.2, 0.25) is 0 Å². The first-order valence-corrected chi connectivity index (χ1v) is 12.2. The number of nitrogens with zero attached hydrogens (tertiary/aromatic N) is 1. The van der Waals surface area contributed by atoms with Gasteiger partial charge in [0.2, 0.25) is 0 Å². The van der Waals surface area contributed by atoms with Gasteiger partial charge in [0.05, 0.1) is 17.7 Å². The van der Waals surface area contributed by atoms with E-state index in [0.717, 1.165) is 35.8 Å². The quantitative estimate of drug-likeness (QED) is 0.334. The van der Waals surface area contributed by atoms with Gasteiger partial charge in [0, 0.05) is 37.0 Å². The molecule has 0 saturated heterocycles. The molecule has 2 N–H and O–H groups in total. The molecule has 0 atom stereocenters. The number of thiophene rings is 1. The van der Waals surface area contributed by atoms with Crippen LogP contribution in [0.4, 0.5) is 10.7 Å². The van der Waals surface area contributed by atoms with Gasteiger partial charge in [-0.25, -0.2) is 9.59 Å². The van der Waals surface area contributed by atoms with Crippen LogP contribution in [-0.4, -0.2) is 63.2 Å². The molecular formula is C22H29N3O5S2. The van der Waals surface area contributed by atoms with Crippen LogP contribution in [0.25, 0.3) is 0 Å². The monoisotopic (exact) mass is 479 g/mol. The lowest BCUT2D eigenvalue weighted by Gasteiger charge is -2.22. The highest BCUT2D eigenvalue weighted by Gasteiger charge is 2.27. The van der Waals surface area contributed by atoms with E-state index in [1.807, 2.05) is 26.3 Å². The minimum atomic E-state index is -0.494. The summed E-state index contributed by atoms with van der Waals surface area (Å²) < 4.78 is 12.8. The number of anilines is 2. The van der Waals surface area contributed by atoms with Crippen LogP contribution in [0.15, 0.2) is 24.3 Å². The number of hydrogen-bond donors (Lipinski definition) is 2. The summed E-state index contributed by atoms with van der Waals surface area (Å²) in [6.07, 6.45) is 3.36. The van der Waals surface area contributed by atoms with E-state index in [4.69, 9.17) is 4.74 Å². The molecule has 174 valence electrons. The zero-order chi connectivity index (χ0) is 23.5. The molecule has 0 unspecified atom stereocenters. The topological polar surface area (TPSA) is 97.0 Å². The average Bonchev–Trinajstić information content (AvgIpc) is 3.16. The Labute approximate surface area is 196 Å². The number of hydrogen-bond acceptors (Lipinski definition) is 10. The summed E-state index contributed by atoms with van der Waals surface area (Å²) in [5.41, 5.74) is 3.18. The van der Waals surface area contributed by atoms with Gasteiger partial charge < -0.3 is 24.4 Å². The minimum Gasteiger partial charge on any atom is -0.462 e. The van der Waals surface area contributed by atoms with E-state index in [2.05, 4.69) is 26.7 Å². The SMILES string of the molecule is CCOC(=O)c1c(NC)sc2c1CCN(C)C2.CSNc1cccc(C(=O)OCC=O)c1. The van der Waals surface area contributed by atoms with Crippen LogP contribution in [0, 0.1) is 0 Å². The number of rotatable bonds is 8. The molecule has 8 nitrogen and oxygen atoms in total. The van der Waals surface area contributed by atoms with Crippen molar-refractivity contribution >= 4 is 52.2 Å². The molecular weight excluding hydrogens is 450 g/mol. The number of esters is 2. The van der Waals surface area contributed by atoms with Gasteiger partial charge in [0.15, 0.2) is 6.29 Å². The van der Waals surface area contributed by atoms with Crippen LogP contribution in [0.1, 0.15) is 38.1 Å². The molecule has 1 aliphatic heterocycles. The lowest BCUT2D eigenvalue weighted by molar-refractivity contribution is -0.110. The van der Waals surface area contributed by atoms with Gasteiger partial charge >= 0.3 is 11.9 Å². The summed E-state index contributed by atoms with van der Waals surface area (Å²) >= 11 is 3.10. The lowest BCUT2D eigenvalue weighted by Crippen LogP contribution is -2.26. The van der Waals surface area contributed by atoms with Crippen molar-refractivity contribution in [2.75, 3.05) is 50.1 Å². The van der Waals surface area contributed by atoms with Crippen molar-refractivity contribution in [1.82, 2.24) is 4.90 Å². The molecule has 32 heavy (non-hydrogen) atoms. The fourth-order valence-electron chi connectivity index (χ4n) is 3.15. The van der Waals surface area contributed by atoms with E-state index in [-0.39, 0.29) is 12.6 Å². The summed E-state index contributed by atoms with van der Waals surface area (Å²) in [6, 6.07) is 6.89. The fraction of sp³-hybridized carbons (Fsp3) is 0.409. The van der Waals surface area contributed by atoms with Gasteiger partial charge in [-0.3, -0.25) is 4.79 Å². The standard InChI is InChI=1S/C12H18N2O2S.C10H11NO3S/c1-4-16-12(15)10-8-5-6-14(3)7-9(8)17-11(10)13-2;1-15-11-9-4-2-3-8(7-9)10(13)14-6-5-12/h13H,4-7H2,1-3H3;2-5,7,11H,6H2,1H3. The van der Waals surface area contributed by atoms with E-state index in [1.165, 1.54) is 22.4 Å². The maximum atomic E-state index is 12.0. The summed E-state index contributed by atoms with van der Waals surface area (Å²) in [5.74, 6) is -0.689. The zero-order valence-electron chi connectivity index (χ0n) is 18.7. The van der Waals surface area contributed by atoms with Crippen molar-refractivity contribution in [2.45, 2.75) is 19.9 Å². The van der Waals surface area contributed by atoms with E-state index in [0.29, 0.717) is 18.5 Å². The molecule has 10 heteroatoms. The summed E-state index contributed by atoms with van der Waals surface area (Å²) in [7, 11) is 3.95. The van der Waals surface area contributed by atoms with E-state index < -0.39 is 5.97 Å². The number of carbonyl (C=O) groups excluding carboxylic acids is 3. The van der Waals surface area contributed by atoms with Gasteiger partial charge in [0.1, 0.15) is 11.6 Å². The molecule has 1 aromatic heterocycles. The second-order valence-corrected chi connectivity index (χ2v) is 8.54.